The molecule has 0 spiro atoms. The molecule has 0 unspecified atom stereocenters. The fraction of sp³-hybridized carbons (Fsp3) is 0.464. The van der Waals surface area contributed by atoms with E-state index in [2.05, 4.69) is 4.98 Å². The number of carbonyl (C=O) groups excluding carboxylic acids is 1. The number of carbonyl (C=O) groups is 1. The van der Waals surface area contributed by atoms with Gasteiger partial charge in [-0.2, -0.15) is 0 Å². The number of amides is 1. The van der Waals surface area contributed by atoms with Crippen LogP contribution >= 0.6 is 0 Å². The molecule has 1 aliphatic carbocycles. The summed E-state index contributed by atoms with van der Waals surface area (Å²) < 4.78 is 19.0. The maximum Gasteiger partial charge on any atom is 0.410 e. The summed E-state index contributed by atoms with van der Waals surface area (Å²) in [6.07, 6.45) is 4.41. The third-order valence-electron chi connectivity index (χ3n) is 6.47. The minimum Gasteiger partial charge on any atom is -0.493 e. The molecule has 8 heteroatoms. The summed E-state index contributed by atoms with van der Waals surface area (Å²) in [6.45, 7) is 6.05. The van der Waals surface area contributed by atoms with E-state index >= 15 is 0 Å². The summed E-state index contributed by atoms with van der Waals surface area (Å²) in [5, 5.41) is 0.488. The Morgan fingerprint density at radius 2 is 1.78 bits per heavy atom. The van der Waals surface area contributed by atoms with Crippen LogP contribution in [0.15, 0.2) is 53.6 Å². The Hall–Kier alpha value is -3.55. The van der Waals surface area contributed by atoms with Gasteiger partial charge in [0.25, 0.3) is 5.56 Å². The normalized spacial score (nSPS) is 18.0. The zero-order chi connectivity index (χ0) is 25.9. The van der Waals surface area contributed by atoms with Gasteiger partial charge in [-0.05, 0) is 58.1 Å². The van der Waals surface area contributed by atoms with Crippen LogP contribution in [0.4, 0.5) is 4.79 Å². The number of nitrogens with zero attached hydrogens (tertiary/aromatic N) is 3. The number of rotatable bonds is 6. The van der Waals surface area contributed by atoms with Gasteiger partial charge in [-0.1, -0.05) is 30.3 Å². The van der Waals surface area contributed by atoms with Crippen LogP contribution in [-0.4, -0.2) is 52.4 Å². The lowest BCUT2D eigenvalue weighted by Gasteiger charge is -2.35. The molecule has 0 saturated heterocycles. The molecule has 2 aromatic carbocycles. The van der Waals surface area contributed by atoms with E-state index in [-0.39, 0.29) is 23.8 Å². The molecule has 1 saturated carbocycles. The highest BCUT2D eigenvalue weighted by molar-refractivity contribution is 5.81. The Morgan fingerprint density at radius 3 is 2.42 bits per heavy atom. The fourth-order valence-corrected chi connectivity index (χ4v) is 4.52. The van der Waals surface area contributed by atoms with E-state index in [1.807, 2.05) is 51.1 Å². The minimum atomic E-state index is -0.521. The Labute approximate surface area is 211 Å². The third kappa shape index (κ3) is 5.98. The minimum absolute atomic E-state index is 0.0390. The maximum atomic E-state index is 13.2. The maximum absolute atomic E-state index is 13.2. The largest absolute Gasteiger partial charge is 0.493 e. The van der Waals surface area contributed by atoms with Crippen molar-refractivity contribution in [3.8, 4) is 11.5 Å². The monoisotopic (exact) mass is 493 g/mol. The van der Waals surface area contributed by atoms with E-state index in [4.69, 9.17) is 14.2 Å². The third-order valence-corrected chi connectivity index (χ3v) is 6.47. The summed E-state index contributed by atoms with van der Waals surface area (Å²) in [5.41, 5.74) is 0.946. The van der Waals surface area contributed by atoms with Crippen molar-refractivity contribution in [2.75, 3.05) is 14.2 Å². The van der Waals surface area contributed by atoms with Gasteiger partial charge in [0.1, 0.15) is 5.60 Å². The zero-order valence-electron chi connectivity index (χ0n) is 21.7. The molecule has 0 radical (unpaired) electrons. The van der Waals surface area contributed by atoms with Gasteiger partial charge < -0.3 is 19.1 Å². The Bertz CT molecular complexity index is 1260. The molecule has 1 aliphatic rings. The highest BCUT2D eigenvalue weighted by Gasteiger charge is 2.30. The predicted molar refractivity (Wildman–Crippen MR) is 139 cm³/mol. The van der Waals surface area contributed by atoms with Crippen molar-refractivity contribution in [1.82, 2.24) is 14.5 Å². The van der Waals surface area contributed by atoms with Gasteiger partial charge >= 0.3 is 6.09 Å². The number of fused-ring (bicyclic) bond motifs is 1. The molecule has 8 nitrogen and oxygen atoms in total. The summed E-state index contributed by atoms with van der Waals surface area (Å²) in [4.78, 5) is 31.8. The summed E-state index contributed by atoms with van der Waals surface area (Å²) in [5.74, 6) is 1.08. The molecule has 1 heterocycles. The van der Waals surface area contributed by atoms with Gasteiger partial charge in [0.05, 0.1) is 37.0 Å². The Kier molecular flexibility index (Phi) is 7.52. The molecule has 4 rings (SSSR count). The summed E-state index contributed by atoms with van der Waals surface area (Å²) in [7, 11) is 3.37. The molecule has 192 valence electrons. The van der Waals surface area contributed by atoms with Gasteiger partial charge in [-0.3, -0.25) is 9.36 Å². The van der Waals surface area contributed by atoms with Crippen molar-refractivity contribution < 1.29 is 19.0 Å². The Balaban J connectivity index is 1.48. The smallest absolute Gasteiger partial charge is 0.410 e. The second-order valence-electron chi connectivity index (χ2n) is 10.3. The van der Waals surface area contributed by atoms with Crippen LogP contribution < -0.4 is 15.0 Å². The molecule has 0 N–H and O–H groups in total. The van der Waals surface area contributed by atoms with Crippen molar-refractivity contribution in [3.63, 3.8) is 0 Å². The summed E-state index contributed by atoms with van der Waals surface area (Å²) >= 11 is 0. The topological polar surface area (TPSA) is 82.9 Å². The van der Waals surface area contributed by atoms with E-state index in [0.29, 0.717) is 28.9 Å². The van der Waals surface area contributed by atoms with Gasteiger partial charge in [0.15, 0.2) is 11.5 Å². The first kappa shape index (κ1) is 25.5. The molecule has 3 aromatic rings. The van der Waals surface area contributed by atoms with Crippen molar-refractivity contribution in [1.29, 1.82) is 0 Å². The first-order valence-electron chi connectivity index (χ1n) is 12.4. The first-order valence-corrected chi connectivity index (χ1v) is 12.4. The molecule has 36 heavy (non-hydrogen) atoms. The Morgan fingerprint density at radius 1 is 1.08 bits per heavy atom. The van der Waals surface area contributed by atoms with E-state index in [0.717, 1.165) is 31.2 Å². The first-order chi connectivity index (χ1) is 17.1. The molecule has 0 atom stereocenters. The van der Waals surface area contributed by atoms with Gasteiger partial charge in [0.2, 0.25) is 0 Å². The molecule has 1 fully saturated rings. The number of ether oxygens (including phenoxy) is 3. The van der Waals surface area contributed by atoms with Crippen LogP contribution in [0, 0.1) is 0 Å². The average molecular weight is 494 g/mol. The van der Waals surface area contributed by atoms with Crippen molar-refractivity contribution in [3.05, 3.63) is 64.7 Å². The van der Waals surface area contributed by atoms with Gasteiger partial charge in [0, 0.05) is 19.2 Å². The average Bonchev–Trinajstić information content (AvgIpc) is 2.85. The SMILES string of the molecule is COc1cc2ncn(Cc3ccccc3)c(=O)c2cc1OC1CCC(N(C)C(=O)OC(C)(C)C)CC1. The molecular weight excluding hydrogens is 458 g/mol. The molecule has 1 amide bonds. The standard InChI is InChI=1S/C28H35N3O5/c1-28(2,3)36-27(33)30(4)20-11-13-21(14-12-20)35-25-15-22-23(16-24(25)34-5)29-18-31(26(22)32)17-19-9-7-6-8-10-19/h6-10,15-16,18,20-21H,11-14,17H2,1-5H3. The van der Waals surface area contributed by atoms with E-state index in [1.54, 1.807) is 42.1 Å². The summed E-state index contributed by atoms with van der Waals surface area (Å²) in [6, 6.07) is 13.4. The second-order valence-corrected chi connectivity index (χ2v) is 10.3. The highest BCUT2D eigenvalue weighted by Crippen LogP contribution is 2.34. The zero-order valence-corrected chi connectivity index (χ0v) is 21.7. The van der Waals surface area contributed by atoms with E-state index in [1.165, 1.54) is 0 Å². The number of hydrogen-bond donors (Lipinski definition) is 0. The molecule has 1 aromatic heterocycles. The van der Waals surface area contributed by atoms with Crippen LogP contribution in [-0.2, 0) is 11.3 Å². The molecular formula is C28H35N3O5. The van der Waals surface area contributed by atoms with Crippen LogP contribution in [0.2, 0.25) is 0 Å². The van der Waals surface area contributed by atoms with Crippen molar-refractivity contribution >= 4 is 17.0 Å². The number of hydrogen-bond acceptors (Lipinski definition) is 6. The molecule has 0 bridgehead atoms. The van der Waals surface area contributed by atoms with Crippen LogP contribution in [0.25, 0.3) is 10.9 Å². The van der Waals surface area contributed by atoms with Crippen LogP contribution in [0.3, 0.4) is 0 Å². The lowest BCUT2D eigenvalue weighted by atomic mass is 9.92. The highest BCUT2D eigenvalue weighted by atomic mass is 16.6. The van der Waals surface area contributed by atoms with Crippen molar-refractivity contribution in [2.24, 2.45) is 0 Å². The van der Waals surface area contributed by atoms with Gasteiger partial charge in [-0.15, -0.1) is 0 Å². The number of aromatic nitrogens is 2. The van der Waals surface area contributed by atoms with Crippen LogP contribution in [0.1, 0.15) is 52.0 Å². The quantitative estimate of drug-likeness (QED) is 0.480. The fourth-order valence-electron chi connectivity index (χ4n) is 4.52. The second kappa shape index (κ2) is 10.6. The number of methoxy groups -OCH3 is 1. The van der Waals surface area contributed by atoms with Crippen molar-refractivity contribution in [2.45, 2.75) is 70.7 Å². The molecule has 0 aliphatic heterocycles. The van der Waals surface area contributed by atoms with E-state index < -0.39 is 5.60 Å². The lowest BCUT2D eigenvalue weighted by Crippen LogP contribution is -2.43. The predicted octanol–water partition coefficient (Wildman–Crippen LogP) is 5.01. The number of benzene rings is 2. The van der Waals surface area contributed by atoms with E-state index in [9.17, 15) is 9.59 Å². The lowest BCUT2D eigenvalue weighted by molar-refractivity contribution is 0.0138. The van der Waals surface area contributed by atoms with Gasteiger partial charge in [-0.25, -0.2) is 9.78 Å². The van der Waals surface area contributed by atoms with Crippen LogP contribution in [0.5, 0.6) is 11.5 Å².